The zero-order valence-corrected chi connectivity index (χ0v) is 12.1. The summed E-state index contributed by atoms with van der Waals surface area (Å²) >= 11 is 6.53. The first-order valence-electron chi connectivity index (χ1n) is 5.07. The second-order valence-electron chi connectivity index (χ2n) is 3.41. The van der Waals surface area contributed by atoms with Crippen molar-refractivity contribution in [1.29, 1.82) is 0 Å². The molecule has 5 heteroatoms. The zero-order chi connectivity index (χ0) is 12.3. The van der Waals surface area contributed by atoms with Gasteiger partial charge in [-0.1, -0.05) is 12.1 Å². The molecule has 1 heterocycles. The lowest BCUT2D eigenvalue weighted by Crippen LogP contribution is -2.08. The van der Waals surface area contributed by atoms with E-state index in [1.807, 2.05) is 18.2 Å². The number of halogens is 2. The normalized spacial score (nSPS) is 12.6. The van der Waals surface area contributed by atoms with Gasteiger partial charge in [0, 0.05) is 16.3 Å². The summed E-state index contributed by atoms with van der Waals surface area (Å²) in [6, 6.07) is 10.8. The Kier molecular flexibility index (Phi) is 4.62. The molecule has 17 heavy (non-hydrogen) atoms. The molecule has 0 aliphatic carbocycles. The predicted molar refractivity (Wildman–Crippen MR) is 76.1 cm³/mol. The minimum Gasteiger partial charge on any atom is -0.329 e. The number of nitrogens with two attached hydrogens (primary N) is 1. The van der Waals surface area contributed by atoms with Gasteiger partial charge in [-0.25, -0.2) is 4.39 Å². The largest absolute Gasteiger partial charge is 0.329 e. The second kappa shape index (κ2) is 6.00. The molecule has 1 unspecified atom stereocenters. The molecular formula is C12H11BrFNS2. The highest BCUT2D eigenvalue weighted by Gasteiger charge is 2.15. The maximum atomic E-state index is 13.5. The van der Waals surface area contributed by atoms with Crippen LogP contribution in [0.5, 0.6) is 0 Å². The van der Waals surface area contributed by atoms with Crippen LogP contribution in [-0.4, -0.2) is 6.54 Å². The number of benzene rings is 1. The third kappa shape index (κ3) is 3.31. The molecule has 0 fully saturated rings. The standard InChI is InChI=1S/C12H11BrFNS2/c13-12-6-5-10(17-12)11(7-15)16-9-4-2-1-3-8(9)14/h1-6,11H,7,15H2. The van der Waals surface area contributed by atoms with Gasteiger partial charge in [-0.15, -0.1) is 23.1 Å². The Morgan fingerprint density at radius 2 is 2.06 bits per heavy atom. The molecule has 0 radical (unpaired) electrons. The van der Waals surface area contributed by atoms with Gasteiger partial charge in [-0.2, -0.15) is 0 Å². The zero-order valence-electron chi connectivity index (χ0n) is 8.90. The summed E-state index contributed by atoms with van der Waals surface area (Å²) in [5, 5.41) is 0.100. The van der Waals surface area contributed by atoms with Crippen LogP contribution in [0.2, 0.25) is 0 Å². The molecular weight excluding hydrogens is 321 g/mol. The minimum absolute atomic E-state index is 0.100. The minimum atomic E-state index is -0.188. The van der Waals surface area contributed by atoms with Crippen LogP contribution >= 0.6 is 39.0 Å². The number of thiophene rings is 1. The number of rotatable bonds is 4. The van der Waals surface area contributed by atoms with Crippen LogP contribution in [0.3, 0.4) is 0 Å². The summed E-state index contributed by atoms with van der Waals surface area (Å²) in [6.45, 7) is 0.492. The van der Waals surface area contributed by atoms with E-state index in [4.69, 9.17) is 5.73 Å². The molecule has 1 nitrogen and oxygen atoms in total. The van der Waals surface area contributed by atoms with Crippen molar-refractivity contribution in [3.8, 4) is 0 Å². The quantitative estimate of drug-likeness (QED) is 0.838. The number of thioether (sulfide) groups is 1. The Labute approximate surface area is 116 Å². The summed E-state index contributed by atoms with van der Waals surface area (Å²) in [7, 11) is 0. The third-order valence-corrected chi connectivity index (χ3v) is 5.43. The molecule has 2 N–H and O–H groups in total. The maximum absolute atomic E-state index is 13.5. The fourth-order valence-electron chi connectivity index (χ4n) is 1.42. The van der Waals surface area contributed by atoms with E-state index in [1.54, 1.807) is 23.5 Å². The molecule has 90 valence electrons. The fraction of sp³-hybridized carbons (Fsp3) is 0.167. The van der Waals surface area contributed by atoms with Crippen molar-refractivity contribution in [1.82, 2.24) is 0 Å². The summed E-state index contributed by atoms with van der Waals surface area (Å²) in [5.74, 6) is -0.188. The van der Waals surface area contributed by atoms with Gasteiger partial charge in [0.2, 0.25) is 0 Å². The van der Waals surface area contributed by atoms with E-state index in [2.05, 4.69) is 15.9 Å². The van der Waals surface area contributed by atoms with Gasteiger partial charge in [0.05, 0.1) is 9.04 Å². The van der Waals surface area contributed by atoms with Crippen molar-refractivity contribution in [3.05, 3.63) is 50.9 Å². The second-order valence-corrected chi connectivity index (χ2v) is 7.15. The van der Waals surface area contributed by atoms with E-state index in [0.717, 1.165) is 8.66 Å². The molecule has 2 rings (SSSR count). The van der Waals surface area contributed by atoms with Gasteiger partial charge in [0.15, 0.2) is 0 Å². The Morgan fingerprint density at radius 1 is 1.29 bits per heavy atom. The molecule has 1 aromatic carbocycles. The van der Waals surface area contributed by atoms with Crippen molar-refractivity contribution >= 4 is 39.0 Å². The lowest BCUT2D eigenvalue weighted by Gasteiger charge is -2.12. The lowest BCUT2D eigenvalue weighted by atomic mass is 10.3. The Bertz CT molecular complexity index is 501. The molecule has 1 aromatic heterocycles. The highest BCUT2D eigenvalue weighted by atomic mass is 79.9. The first-order chi connectivity index (χ1) is 8.20. The molecule has 1 atom stereocenters. The molecule has 0 spiro atoms. The van der Waals surface area contributed by atoms with Crippen molar-refractivity contribution in [3.63, 3.8) is 0 Å². The van der Waals surface area contributed by atoms with Crippen molar-refractivity contribution in [2.45, 2.75) is 10.1 Å². The smallest absolute Gasteiger partial charge is 0.136 e. The van der Waals surface area contributed by atoms with Crippen molar-refractivity contribution < 1.29 is 4.39 Å². The molecule has 0 aliphatic rings. The maximum Gasteiger partial charge on any atom is 0.136 e. The summed E-state index contributed by atoms with van der Waals surface area (Å²) in [6.07, 6.45) is 0. The van der Waals surface area contributed by atoms with Crippen LogP contribution in [-0.2, 0) is 0 Å². The topological polar surface area (TPSA) is 26.0 Å². The van der Waals surface area contributed by atoms with E-state index in [0.29, 0.717) is 11.4 Å². The van der Waals surface area contributed by atoms with Crippen LogP contribution in [0, 0.1) is 5.82 Å². The van der Waals surface area contributed by atoms with E-state index >= 15 is 0 Å². The molecule has 0 bridgehead atoms. The molecule has 0 amide bonds. The number of hydrogen-bond donors (Lipinski definition) is 1. The molecule has 0 saturated heterocycles. The predicted octanol–water partition coefficient (Wildman–Crippen LogP) is 4.44. The van der Waals surface area contributed by atoms with Gasteiger partial charge in [0.25, 0.3) is 0 Å². The Balaban J connectivity index is 2.18. The van der Waals surface area contributed by atoms with Gasteiger partial charge in [-0.05, 0) is 40.2 Å². The van der Waals surface area contributed by atoms with Crippen LogP contribution in [0.15, 0.2) is 45.1 Å². The summed E-state index contributed by atoms with van der Waals surface area (Å²) in [4.78, 5) is 1.81. The Morgan fingerprint density at radius 3 is 2.65 bits per heavy atom. The average molecular weight is 332 g/mol. The molecule has 0 saturated carbocycles. The van der Waals surface area contributed by atoms with Gasteiger partial charge in [-0.3, -0.25) is 0 Å². The SMILES string of the molecule is NCC(Sc1ccccc1F)c1ccc(Br)s1. The van der Waals surface area contributed by atoms with Gasteiger partial charge < -0.3 is 5.73 Å². The van der Waals surface area contributed by atoms with Gasteiger partial charge in [0.1, 0.15) is 5.82 Å². The van der Waals surface area contributed by atoms with Crippen LogP contribution < -0.4 is 5.73 Å². The first kappa shape index (κ1) is 13.1. The Hall–Kier alpha value is -0.360. The van der Waals surface area contributed by atoms with Crippen LogP contribution in [0.25, 0.3) is 0 Å². The number of hydrogen-bond acceptors (Lipinski definition) is 3. The molecule has 2 aromatic rings. The van der Waals surface area contributed by atoms with Crippen molar-refractivity contribution in [2.24, 2.45) is 5.73 Å². The monoisotopic (exact) mass is 331 g/mol. The fourth-order valence-corrected chi connectivity index (χ4v) is 4.06. The van der Waals surface area contributed by atoms with E-state index < -0.39 is 0 Å². The average Bonchev–Trinajstić information content (AvgIpc) is 2.75. The highest BCUT2D eigenvalue weighted by molar-refractivity contribution is 9.11. The van der Waals surface area contributed by atoms with Gasteiger partial charge >= 0.3 is 0 Å². The third-order valence-electron chi connectivity index (χ3n) is 2.23. The lowest BCUT2D eigenvalue weighted by molar-refractivity contribution is 0.601. The van der Waals surface area contributed by atoms with E-state index in [-0.39, 0.29) is 11.1 Å². The van der Waals surface area contributed by atoms with E-state index in [9.17, 15) is 4.39 Å². The van der Waals surface area contributed by atoms with Crippen LogP contribution in [0.1, 0.15) is 10.1 Å². The molecule has 0 aliphatic heterocycles. The summed E-state index contributed by atoms with van der Waals surface area (Å²) < 4.78 is 14.6. The van der Waals surface area contributed by atoms with Crippen LogP contribution in [0.4, 0.5) is 4.39 Å². The first-order valence-corrected chi connectivity index (χ1v) is 7.56. The van der Waals surface area contributed by atoms with E-state index in [1.165, 1.54) is 17.8 Å². The highest BCUT2D eigenvalue weighted by Crippen LogP contribution is 2.39. The van der Waals surface area contributed by atoms with Crippen molar-refractivity contribution in [2.75, 3.05) is 6.54 Å². The summed E-state index contributed by atoms with van der Waals surface area (Å²) in [5.41, 5.74) is 5.76.